The van der Waals surface area contributed by atoms with Gasteiger partial charge in [-0.15, -0.1) is 0 Å². The van der Waals surface area contributed by atoms with Gasteiger partial charge in [0.15, 0.2) is 0 Å². The topological polar surface area (TPSA) is 39.2 Å². The maximum atomic E-state index is 11.4. The Hall–Kier alpha value is -1.90. The van der Waals surface area contributed by atoms with Crippen LogP contribution in [0.2, 0.25) is 0 Å². The van der Waals surface area contributed by atoms with E-state index in [0.29, 0.717) is 0 Å². The molecule has 0 bridgehead atoms. The molecule has 2 fully saturated rings. The van der Waals surface area contributed by atoms with Crippen molar-refractivity contribution in [1.82, 2.24) is 4.98 Å². The Balaban J connectivity index is 1.41. The molecule has 0 radical (unpaired) electrons. The van der Waals surface area contributed by atoms with Gasteiger partial charge in [0.2, 0.25) is 0 Å². The molecular formula is C26H33NO2. The number of esters is 1. The quantitative estimate of drug-likeness (QED) is 0.460. The van der Waals surface area contributed by atoms with Crippen molar-refractivity contribution in [2.75, 3.05) is 0 Å². The maximum Gasteiger partial charge on any atom is 0.302 e. The van der Waals surface area contributed by atoms with Gasteiger partial charge in [0.05, 0.1) is 0 Å². The van der Waals surface area contributed by atoms with Crippen LogP contribution in [0.5, 0.6) is 0 Å². The zero-order valence-electron chi connectivity index (χ0n) is 18.0. The summed E-state index contributed by atoms with van der Waals surface area (Å²) >= 11 is 0. The number of aromatic nitrogens is 1. The summed E-state index contributed by atoms with van der Waals surface area (Å²) in [6.07, 6.45) is 17.1. The summed E-state index contributed by atoms with van der Waals surface area (Å²) < 4.78 is 5.58. The number of carbonyl (C=O) groups excluding carboxylic acids is 1. The molecule has 154 valence electrons. The molecule has 0 aliphatic heterocycles. The van der Waals surface area contributed by atoms with Gasteiger partial charge in [-0.25, -0.2) is 0 Å². The number of hydrogen-bond acceptors (Lipinski definition) is 3. The number of rotatable bonds is 2. The van der Waals surface area contributed by atoms with E-state index in [1.165, 1.54) is 43.7 Å². The van der Waals surface area contributed by atoms with Gasteiger partial charge in [-0.2, -0.15) is 0 Å². The minimum atomic E-state index is -0.138. The van der Waals surface area contributed by atoms with Crippen LogP contribution >= 0.6 is 0 Å². The summed E-state index contributed by atoms with van der Waals surface area (Å²) in [6.45, 7) is 6.56. The van der Waals surface area contributed by atoms with E-state index in [0.717, 1.165) is 37.0 Å². The number of fused-ring (bicyclic) bond motifs is 5. The molecule has 1 aromatic rings. The van der Waals surface area contributed by atoms with Gasteiger partial charge >= 0.3 is 5.97 Å². The second-order valence-electron chi connectivity index (χ2n) is 10.3. The highest BCUT2D eigenvalue weighted by Gasteiger charge is 2.56. The molecule has 0 N–H and O–H groups in total. The van der Waals surface area contributed by atoms with Crippen LogP contribution in [0.1, 0.15) is 71.3 Å². The molecule has 2 saturated carbocycles. The SMILES string of the molecule is CC(=O)O[C@H]1CCC2(C)C(=CCC3C2CC[C@]2(C)C(c4cccnc4)=CCC32)C1. The second kappa shape index (κ2) is 6.82. The summed E-state index contributed by atoms with van der Waals surface area (Å²) in [4.78, 5) is 15.8. The Morgan fingerprint density at radius 3 is 2.69 bits per heavy atom. The van der Waals surface area contributed by atoms with Crippen LogP contribution in [0, 0.1) is 28.6 Å². The van der Waals surface area contributed by atoms with E-state index in [1.54, 1.807) is 5.57 Å². The Bertz CT molecular complexity index is 872. The van der Waals surface area contributed by atoms with E-state index >= 15 is 0 Å². The summed E-state index contributed by atoms with van der Waals surface area (Å²) in [5, 5.41) is 0. The van der Waals surface area contributed by atoms with Crippen molar-refractivity contribution in [2.24, 2.45) is 28.6 Å². The molecule has 4 aliphatic carbocycles. The minimum Gasteiger partial charge on any atom is -0.462 e. The van der Waals surface area contributed by atoms with Crippen LogP contribution in [-0.2, 0) is 9.53 Å². The molecule has 6 atom stereocenters. The van der Waals surface area contributed by atoms with E-state index in [-0.39, 0.29) is 22.9 Å². The Morgan fingerprint density at radius 1 is 1.10 bits per heavy atom. The van der Waals surface area contributed by atoms with Gasteiger partial charge in [0, 0.05) is 25.7 Å². The first-order chi connectivity index (χ1) is 13.9. The molecule has 4 aliphatic rings. The third-order valence-corrected chi connectivity index (χ3v) is 8.94. The molecule has 0 spiro atoms. The molecule has 3 heteroatoms. The molecule has 5 rings (SSSR count). The highest BCUT2D eigenvalue weighted by atomic mass is 16.5. The number of ether oxygens (including phenoxy) is 1. The smallest absolute Gasteiger partial charge is 0.302 e. The predicted molar refractivity (Wildman–Crippen MR) is 115 cm³/mol. The van der Waals surface area contributed by atoms with Gasteiger partial charge < -0.3 is 4.74 Å². The Morgan fingerprint density at radius 2 is 1.93 bits per heavy atom. The lowest BCUT2D eigenvalue weighted by Crippen LogP contribution is -2.50. The molecule has 29 heavy (non-hydrogen) atoms. The largest absolute Gasteiger partial charge is 0.462 e. The van der Waals surface area contributed by atoms with Crippen molar-refractivity contribution in [3.63, 3.8) is 0 Å². The number of hydrogen-bond donors (Lipinski definition) is 0. The monoisotopic (exact) mass is 391 g/mol. The molecule has 3 nitrogen and oxygen atoms in total. The summed E-state index contributed by atoms with van der Waals surface area (Å²) in [6, 6.07) is 4.30. The first kappa shape index (κ1) is 19.1. The molecule has 0 aromatic carbocycles. The fourth-order valence-electron chi connectivity index (χ4n) is 7.50. The minimum absolute atomic E-state index is 0.0857. The fraction of sp³-hybridized carbons (Fsp3) is 0.615. The van der Waals surface area contributed by atoms with Gasteiger partial charge in [0.1, 0.15) is 6.10 Å². The summed E-state index contributed by atoms with van der Waals surface area (Å²) in [5.74, 6) is 2.12. The van der Waals surface area contributed by atoms with E-state index in [1.807, 2.05) is 12.4 Å². The van der Waals surface area contributed by atoms with Crippen molar-refractivity contribution in [3.05, 3.63) is 47.8 Å². The lowest BCUT2D eigenvalue weighted by molar-refractivity contribution is -0.148. The predicted octanol–water partition coefficient (Wildman–Crippen LogP) is 5.97. The first-order valence-corrected chi connectivity index (χ1v) is 11.4. The highest BCUT2D eigenvalue weighted by molar-refractivity contribution is 5.72. The molecular weight excluding hydrogens is 358 g/mol. The number of pyridine rings is 1. The van der Waals surface area contributed by atoms with Crippen LogP contribution in [-0.4, -0.2) is 17.1 Å². The van der Waals surface area contributed by atoms with Crippen LogP contribution in [0.25, 0.3) is 5.57 Å². The van der Waals surface area contributed by atoms with Crippen molar-refractivity contribution in [1.29, 1.82) is 0 Å². The Labute approximate surface area is 174 Å². The van der Waals surface area contributed by atoms with Crippen LogP contribution in [0.3, 0.4) is 0 Å². The average Bonchev–Trinajstić information content (AvgIpc) is 3.06. The second-order valence-corrected chi connectivity index (χ2v) is 10.3. The fourth-order valence-corrected chi connectivity index (χ4v) is 7.50. The summed E-state index contributed by atoms with van der Waals surface area (Å²) in [7, 11) is 0. The normalized spacial score (nSPS) is 40.8. The maximum absolute atomic E-state index is 11.4. The standard InChI is InChI=1S/C26H33NO2/c1-17(28)29-20-10-12-25(2)19(15-20)6-7-21-23-9-8-22(18-5-4-14-27-16-18)26(23,3)13-11-24(21)25/h4-6,8,14,16,20-21,23-24H,7,9-13,15H2,1-3H3/t20-,21?,23?,24?,25?,26+/m0/s1. The van der Waals surface area contributed by atoms with E-state index < -0.39 is 0 Å². The zero-order chi connectivity index (χ0) is 20.2. The van der Waals surface area contributed by atoms with Crippen LogP contribution in [0.4, 0.5) is 0 Å². The molecule has 1 heterocycles. The molecule has 4 unspecified atom stereocenters. The third-order valence-electron chi connectivity index (χ3n) is 8.94. The van der Waals surface area contributed by atoms with Crippen molar-refractivity contribution in [2.45, 2.75) is 71.8 Å². The van der Waals surface area contributed by atoms with Crippen molar-refractivity contribution >= 4 is 11.5 Å². The Kier molecular flexibility index (Phi) is 4.49. The van der Waals surface area contributed by atoms with Gasteiger partial charge in [-0.05, 0) is 84.3 Å². The van der Waals surface area contributed by atoms with Crippen LogP contribution < -0.4 is 0 Å². The average molecular weight is 392 g/mol. The molecule has 0 saturated heterocycles. The van der Waals surface area contributed by atoms with Crippen molar-refractivity contribution < 1.29 is 9.53 Å². The number of allylic oxidation sites excluding steroid dienone is 3. The highest BCUT2D eigenvalue weighted by Crippen LogP contribution is 2.66. The molecule has 1 aromatic heterocycles. The number of carbonyl (C=O) groups is 1. The lowest BCUT2D eigenvalue weighted by atomic mass is 9.47. The van der Waals surface area contributed by atoms with E-state index in [4.69, 9.17) is 4.74 Å². The first-order valence-electron chi connectivity index (χ1n) is 11.4. The zero-order valence-corrected chi connectivity index (χ0v) is 18.0. The van der Waals surface area contributed by atoms with Gasteiger partial charge in [0.25, 0.3) is 0 Å². The van der Waals surface area contributed by atoms with E-state index in [9.17, 15) is 4.79 Å². The van der Waals surface area contributed by atoms with Gasteiger partial charge in [-0.3, -0.25) is 9.78 Å². The van der Waals surface area contributed by atoms with E-state index in [2.05, 4.69) is 43.1 Å². The number of nitrogens with zero attached hydrogens (tertiary/aromatic N) is 1. The van der Waals surface area contributed by atoms with Gasteiger partial charge in [-0.1, -0.05) is 37.6 Å². The van der Waals surface area contributed by atoms with Crippen LogP contribution in [0.15, 0.2) is 42.3 Å². The lowest BCUT2D eigenvalue weighted by Gasteiger charge is -2.57. The summed E-state index contributed by atoms with van der Waals surface area (Å²) in [5.41, 5.74) is 4.99. The van der Waals surface area contributed by atoms with Crippen molar-refractivity contribution in [3.8, 4) is 0 Å². The molecule has 0 amide bonds. The third kappa shape index (κ3) is 2.92.